The number of rotatable bonds is 3. The second-order valence-electron chi connectivity index (χ2n) is 2.04. The van der Waals surface area contributed by atoms with Gasteiger partial charge in [0.1, 0.15) is 6.73 Å². The lowest BCUT2D eigenvalue weighted by atomic mass is 10.3. The van der Waals surface area contributed by atoms with E-state index in [0.29, 0.717) is 0 Å². The Balaban J connectivity index is 3.00. The van der Waals surface area contributed by atoms with Crippen molar-refractivity contribution in [3.05, 3.63) is 34.4 Å². The summed E-state index contributed by atoms with van der Waals surface area (Å²) in [6, 6.07) is 6.09. The number of hydrogen-bond acceptors (Lipinski definition) is 4. The summed E-state index contributed by atoms with van der Waals surface area (Å²) in [6.45, 7) is -0.0646. The van der Waals surface area contributed by atoms with Gasteiger partial charge in [-0.15, -0.1) is 0 Å². The quantitative estimate of drug-likeness (QED) is 0.413. The van der Waals surface area contributed by atoms with Crippen molar-refractivity contribution in [3.63, 3.8) is 0 Å². The van der Waals surface area contributed by atoms with E-state index < -0.39 is 4.92 Å². The topological polar surface area (TPSA) is 78.4 Å². The van der Waals surface area contributed by atoms with Crippen LogP contribution in [0.3, 0.4) is 0 Å². The highest BCUT2D eigenvalue weighted by Gasteiger charge is 2.12. The third-order valence-corrected chi connectivity index (χ3v) is 1.30. The summed E-state index contributed by atoms with van der Waals surface area (Å²) in [5.41, 5.74) is 5.02. The molecule has 0 aromatic heterocycles. The molecule has 5 heteroatoms. The van der Waals surface area contributed by atoms with Gasteiger partial charge in [-0.25, -0.2) is 0 Å². The van der Waals surface area contributed by atoms with Crippen molar-refractivity contribution >= 4 is 5.69 Å². The molecule has 1 rings (SSSR count). The monoisotopic (exact) mass is 168 g/mol. The molecule has 0 radical (unpaired) electrons. The van der Waals surface area contributed by atoms with E-state index in [4.69, 9.17) is 10.5 Å². The molecule has 0 aliphatic rings. The fourth-order valence-corrected chi connectivity index (χ4v) is 0.820. The molecule has 0 aliphatic heterocycles. The molecule has 0 bridgehead atoms. The second-order valence-corrected chi connectivity index (χ2v) is 2.04. The number of hydrogen-bond donors (Lipinski definition) is 1. The number of nitro groups is 1. The van der Waals surface area contributed by atoms with Crippen LogP contribution in [0.25, 0.3) is 0 Å². The van der Waals surface area contributed by atoms with Crippen molar-refractivity contribution in [2.75, 3.05) is 6.73 Å². The zero-order chi connectivity index (χ0) is 8.97. The minimum atomic E-state index is -0.509. The van der Waals surface area contributed by atoms with Gasteiger partial charge in [0, 0.05) is 6.07 Å². The number of ether oxygens (including phenoxy) is 1. The molecule has 12 heavy (non-hydrogen) atoms. The van der Waals surface area contributed by atoms with E-state index in [9.17, 15) is 10.1 Å². The standard InChI is InChI=1S/C7H8N2O3/c8-5-12-7-4-2-1-3-6(7)9(10)11/h1-4H,5,8H2. The van der Waals surface area contributed by atoms with Crippen LogP contribution in [0.5, 0.6) is 5.75 Å². The first-order valence-electron chi connectivity index (χ1n) is 3.32. The van der Waals surface area contributed by atoms with Crippen LogP contribution in [0.4, 0.5) is 5.69 Å². The van der Waals surface area contributed by atoms with E-state index in [1.807, 2.05) is 0 Å². The van der Waals surface area contributed by atoms with Gasteiger partial charge < -0.3 is 4.74 Å². The van der Waals surface area contributed by atoms with Crippen molar-refractivity contribution in [2.45, 2.75) is 0 Å². The maximum Gasteiger partial charge on any atom is 0.310 e. The lowest BCUT2D eigenvalue weighted by molar-refractivity contribution is -0.385. The number of para-hydroxylation sites is 2. The van der Waals surface area contributed by atoms with Crippen LogP contribution in [0, 0.1) is 10.1 Å². The van der Waals surface area contributed by atoms with Crippen molar-refractivity contribution in [3.8, 4) is 5.75 Å². The van der Waals surface area contributed by atoms with E-state index in [1.54, 1.807) is 12.1 Å². The molecule has 0 atom stereocenters. The first-order valence-corrected chi connectivity index (χ1v) is 3.32. The van der Waals surface area contributed by atoms with Gasteiger partial charge in [-0.1, -0.05) is 12.1 Å². The smallest absolute Gasteiger partial charge is 0.310 e. The van der Waals surface area contributed by atoms with Gasteiger partial charge in [0.05, 0.1) is 4.92 Å². The summed E-state index contributed by atoms with van der Waals surface area (Å²) in [5, 5.41) is 10.4. The highest BCUT2D eigenvalue weighted by molar-refractivity contribution is 5.45. The maximum atomic E-state index is 10.4. The summed E-state index contributed by atoms with van der Waals surface area (Å²) in [7, 11) is 0. The van der Waals surface area contributed by atoms with Crippen molar-refractivity contribution in [1.29, 1.82) is 0 Å². The van der Waals surface area contributed by atoms with Crippen molar-refractivity contribution in [1.82, 2.24) is 0 Å². The Morgan fingerprint density at radius 3 is 2.75 bits per heavy atom. The maximum absolute atomic E-state index is 10.4. The fraction of sp³-hybridized carbons (Fsp3) is 0.143. The van der Waals surface area contributed by atoms with Crippen molar-refractivity contribution in [2.24, 2.45) is 5.73 Å². The Bertz CT molecular complexity index is 288. The number of nitrogens with two attached hydrogens (primary N) is 1. The van der Waals surface area contributed by atoms with E-state index in [0.717, 1.165) is 0 Å². The highest BCUT2D eigenvalue weighted by Crippen LogP contribution is 2.24. The van der Waals surface area contributed by atoms with Crippen LogP contribution in [0.2, 0.25) is 0 Å². The molecule has 0 heterocycles. The van der Waals surface area contributed by atoms with E-state index in [-0.39, 0.29) is 18.2 Å². The summed E-state index contributed by atoms with van der Waals surface area (Å²) in [6.07, 6.45) is 0. The lowest BCUT2D eigenvalue weighted by Crippen LogP contribution is -2.08. The summed E-state index contributed by atoms with van der Waals surface area (Å²) in [5.74, 6) is 0.199. The second kappa shape index (κ2) is 3.68. The number of benzene rings is 1. The minimum Gasteiger partial charge on any atom is -0.471 e. The van der Waals surface area contributed by atoms with Crippen LogP contribution < -0.4 is 10.5 Å². The van der Waals surface area contributed by atoms with Crippen LogP contribution in [0.1, 0.15) is 0 Å². The molecule has 0 amide bonds. The zero-order valence-corrected chi connectivity index (χ0v) is 6.27. The number of nitrogens with zero attached hydrogens (tertiary/aromatic N) is 1. The van der Waals surface area contributed by atoms with Gasteiger partial charge in [0.2, 0.25) is 0 Å². The molecule has 0 spiro atoms. The van der Waals surface area contributed by atoms with Gasteiger partial charge >= 0.3 is 5.69 Å². The molecule has 0 saturated heterocycles. The Morgan fingerprint density at radius 1 is 1.50 bits per heavy atom. The van der Waals surface area contributed by atoms with Gasteiger partial charge in [0.15, 0.2) is 5.75 Å². The third-order valence-electron chi connectivity index (χ3n) is 1.30. The SMILES string of the molecule is NCOc1ccccc1[N+](=O)[O-]. The molecule has 64 valence electrons. The van der Waals surface area contributed by atoms with E-state index in [2.05, 4.69) is 0 Å². The van der Waals surface area contributed by atoms with Gasteiger partial charge in [0.25, 0.3) is 0 Å². The Kier molecular flexibility index (Phi) is 2.60. The molecular weight excluding hydrogens is 160 g/mol. The Labute approximate surface area is 68.9 Å². The average Bonchev–Trinajstić information content (AvgIpc) is 2.05. The summed E-state index contributed by atoms with van der Waals surface area (Å²) < 4.78 is 4.83. The minimum absolute atomic E-state index is 0.0646. The molecule has 0 saturated carbocycles. The zero-order valence-electron chi connectivity index (χ0n) is 6.27. The third kappa shape index (κ3) is 1.70. The molecule has 5 nitrogen and oxygen atoms in total. The van der Waals surface area contributed by atoms with Crippen LogP contribution >= 0.6 is 0 Å². The number of nitro benzene ring substituents is 1. The Morgan fingerprint density at radius 2 is 2.17 bits per heavy atom. The molecule has 1 aromatic rings. The van der Waals surface area contributed by atoms with Crippen molar-refractivity contribution < 1.29 is 9.66 Å². The van der Waals surface area contributed by atoms with Crippen LogP contribution in [-0.2, 0) is 0 Å². The van der Waals surface area contributed by atoms with E-state index >= 15 is 0 Å². The van der Waals surface area contributed by atoms with Gasteiger partial charge in [-0.3, -0.25) is 15.8 Å². The highest BCUT2D eigenvalue weighted by atomic mass is 16.6. The van der Waals surface area contributed by atoms with Gasteiger partial charge in [-0.2, -0.15) is 0 Å². The fourth-order valence-electron chi connectivity index (χ4n) is 0.820. The average molecular weight is 168 g/mol. The molecule has 2 N–H and O–H groups in total. The Hall–Kier alpha value is -1.62. The van der Waals surface area contributed by atoms with Crippen LogP contribution in [-0.4, -0.2) is 11.7 Å². The first kappa shape index (κ1) is 8.48. The summed E-state index contributed by atoms with van der Waals surface area (Å²) in [4.78, 5) is 9.87. The molecule has 1 aromatic carbocycles. The molecule has 0 unspecified atom stereocenters. The molecule has 0 aliphatic carbocycles. The van der Waals surface area contributed by atoms with Gasteiger partial charge in [-0.05, 0) is 6.07 Å². The first-order chi connectivity index (χ1) is 5.75. The normalized spacial score (nSPS) is 9.42. The molecule has 0 fully saturated rings. The lowest BCUT2D eigenvalue weighted by Gasteiger charge is -2.01. The van der Waals surface area contributed by atoms with Crippen LogP contribution in [0.15, 0.2) is 24.3 Å². The predicted octanol–water partition coefficient (Wildman–Crippen LogP) is 0.890. The largest absolute Gasteiger partial charge is 0.471 e. The molecular formula is C7H8N2O3. The summed E-state index contributed by atoms with van der Waals surface area (Å²) >= 11 is 0. The predicted molar refractivity (Wildman–Crippen MR) is 42.8 cm³/mol. The van der Waals surface area contributed by atoms with E-state index in [1.165, 1.54) is 12.1 Å².